The second kappa shape index (κ2) is 7.57. The van der Waals surface area contributed by atoms with Crippen molar-refractivity contribution in [3.63, 3.8) is 0 Å². The number of hydrogen-bond donors (Lipinski definition) is 0. The first-order valence-electron chi connectivity index (χ1n) is 8.32. The van der Waals surface area contributed by atoms with Crippen molar-refractivity contribution >= 4 is 5.52 Å². The molecule has 4 aromatic rings. The SMILES string of the molecule is CC.Cc1cccc(-c2nc(Oc3ccccc3)c3cccn3n2)n1. The summed E-state index contributed by atoms with van der Waals surface area (Å²) in [5.74, 6) is 1.77. The van der Waals surface area contributed by atoms with Crippen molar-refractivity contribution in [2.45, 2.75) is 20.8 Å². The van der Waals surface area contributed by atoms with Crippen LogP contribution in [0.4, 0.5) is 0 Å². The number of nitrogens with zero attached hydrogens (tertiary/aromatic N) is 4. The molecule has 1 aromatic carbocycles. The fourth-order valence-corrected chi connectivity index (χ4v) is 2.36. The van der Waals surface area contributed by atoms with Crippen molar-refractivity contribution < 1.29 is 4.74 Å². The maximum atomic E-state index is 5.94. The van der Waals surface area contributed by atoms with E-state index in [4.69, 9.17) is 4.74 Å². The Balaban J connectivity index is 0.000000880. The first-order valence-corrected chi connectivity index (χ1v) is 8.32. The zero-order chi connectivity index (χ0) is 17.6. The molecule has 0 saturated carbocycles. The van der Waals surface area contributed by atoms with Crippen molar-refractivity contribution in [3.8, 4) is 23.1 Å². The Bertz CT molecular complexity index is 964. The number of aromatic nitrogens is 4. The van der Waals surface area contributed by atoms with Gasteiger partial charge in [-0.2, -0.15) is 4.98 Å². The van der Waals surface area contributed by atoms with E-state index < -0.39 is 0 Å². The minimum Gasteiger partial charge on any atom is -0.437 e. The largest absolute Gasteiger partial charge is 0.437 e. The maximum absolute atomic E-state index is 5.94. The van der Waals surface area contributed by atoms with E-state index in [1.54, 1.807) is 4.52 Å². The Morgan fingerprint density at radius 3 is 2.40 bits per heavy atom. The number of para-hydroxylation sites is 1. The molecule has 0 aliphatic rings. The average molecular weight is 332 g/mol. The highest BCUT2D eigenvalue weighted by Gasteiger charge is 2.12. The summed E-state index contributed by atoms with van der Waals surface area (Å²) in [4.78, 5) is 9.05. The van der Waals surface area contributed by atoms with Crippen LogP contribution in [-0.2, 0) is 0 Å². The predicted octanol–water partition coefficient (Wildman–Crippen LogP) is 4.92. The van der Waals surface area contributed by atoms with Crippen molar-refractivity contribution in [2.24, 2.45) is 0 Å². The number of fused-ring (bicyclic) bond motifs is 1. The van der Waals surface area contributed by atoms with Crippen molar-refractivity contribution in [3.05, 3.63) is 72.6 Å². The standard InChI is InChI=1S/C18H14N4O.C2H6/c1-13-7-5-10-15(19-13)17-20-18(16-11-6-12-22(16)21-17)23-14-8-3-2-4-9-14;1-2/h2-12H,1H3;1-2H3. The Kier molecular flexibility index (Phi) is 5.04. The average Bonchev–Trinajstić information content (AvgIpc) is 3.13. The molecule has 0 bridgehead atoms. The van der Waals surface area contributed by atoms with Crippen LogP contribution in [0.15, 0.2) is 66.9 Å². The molecule has 0 atom stereocenters. The molecular weight excluding hydrogens is 312 g/mol. The van der Waals surface area contributed by atoms with Gasteiger partial charge in [0, 0.05) is 11.9 Å². The van der Waals surface area contributed by atoms with E-state index in [1.807, 2.05) is 87.6 Å². The van der Waals surface area contributed by atoms with Gasteiger partial charge in [0.15, 0.2) is 0 Å². The molecule has 0 amide bonds. The first-order chi connectivity index (χ1) is 12.3. The molecule has 0 radical (unpaired) electrons. The van der Waals surface area contributed by atoms with Gasteiger partial charge in [-0.15, -0.1) is 5.10 Å². The van der Waals surface area contributed by atoms with Gasteiger partial charge >= 0.3 is 0 Å². The van der Waals surface area contributed by atoms with Crippen LogP contribution in [0.3, 0.4) is 0 Å². The van der Waals surface area contributed by atoms with Gasteiger partial charge in [-0.1, -0.05) is 38.1 Å². The number of pyridine rings is 1. The highest BCUT2D eigenvalue weighted by atomic mass is 16.5. The Morgan fingerprint density at radius 1 is 0.840 bits per heavy atom. The minimum absolute atomic E-state index is 0.509. The van der Waals surface area contributed by atoms with Gasteiger partial charge in [0.1, 0.15) is 17.0 Å². The highest BCUT2D eigenvalue weighted by molar-refractivity contribution is 5.61. The Morgan fingerprint density at radius 2 is 1.64 bits per heavy atom. The molecule has 3 heterocycles. The van der Waals surface area contributed by atoms with E-state index in [-0.39, 0.29) is 0 Å². The van der Waals surface area contributed by atoms with Crippen molar-refractivity contribution in [1.82, 2.24) is 19.6 Å². The molecule has 0 spiro atoms. The summed E-state index contributed by atoms with van der Waals surface area (Å²) in [6.45, 7) is 5.94. The predicted molar refractivity (Wildman–Crippen MR) is 98.8 cm³/mol. The third kappa shape index (κ3) is 3.66. The fraction of sp³-hybridized carbons (Fsp3) is 0.150. The molecule has 5 heteroatoms. The molecule has 4 rings (SSSR count). The third-order valence-electron chi connectivity index (χ3n) is 3.43. The Hall–Kier alpha value is -3.21. The van der Waals surface area contributed by atoms with E-state index in [1.165, 1.54) is 0 Å². The van der Waals surface area contributed by atoms with Gasteiger partial charge < -0.3 is 4.74 Å². The van der Waals surface area contributed by atoms with E-state index in [9.17, 15) is 0 Å². The molecule has 0 fully saturated rings. The molecule has 3 aromatic heterocycles. The summed E-state index contributed by atoms with van der Waals surface area (Å²) in [6, 6.07) is 19.2. The second-order valence-corrected chi connectivity index (χ2v) is 5.16. The molecule has 25 heavy (non-hydrogen) atoms. The smallest absolute Gasteiger partial charge is 0.247 e. The molecule has 0 aliphatic carbocycles. The van der Waals surface area contributed by atoms with Crippen LogP contribution < -0.4 is 4.74 Å². The number of hydrogen-bond acceptors (Lipinski definition) is 4. The van der Waals surface area contributed by atoms with Crippen molar-refractivity contribution in [2.75, 3.05) is 0 Å². The minimum atomic E-state index is 0.509. The Labute approximate surface area is 147 Å². The number of aryl methyl sites for hydroxylation is 1. The van der Waals surface area contributed by atoms with Crippen LogP contribution in [-0.4, -0.2) is 19.6 Å². The fourth-order valence-electron chi connectivity index (χ4n) is 2.36. The molecule has 0 aliphatic heterocycles. The molecule has 0 saturated heterocycles. The van der Waals surface area contributed by atoms with Gasteiger partial charge in [0.2, 0.25) is 11.7 Å². The zero-order valence-electron chi connectivity index (χ0n) is 14.5. The van der Waals surface area contributed by atoms with Crippen LogP contribution in [0, 0.1) is 6.92 Å². The summed E-state index contributed by atoms with van der Waals surface area (Å²) >= 11 is 0. The van der Waals surface area contributed by atoms with Gasteiger partial charge in [0.05, 0.1) is 0 Å². The van der Waals surface area contributed by atoms with Crippen LogP contribution in [0.5, 0.6) is 11.6 Å². The summed E-state index contributed by atoms with van der Waals surface area (Å²) in [5.41, 5.74) is 2.45. The molecule has 0 N–H and O–H groups in total. The van der Waals surface area contributed by atoms with E-state index >= 15 is 0 Å². The van der Waals surface area contributed by atoms with E-state index in [0.717, 1.165) is 22.7 Å². The zero-order valence-corrected chi connectivity index (χ0v) is 14.5. The lowest BCUT2D eigenvalue weighted by Crippen LogP contribution is -2.02. The van der Waals surface area contributed by atoms with Crippen LogP contribution >= 0.6 is 0 Å². The number of ether oxygens (including phenoxy) is 1. The lowest BCUT2D eigenvalue weighted by Gasteiger charge is -2.08. The highest BCUT2D eigenvalue weighted by Crippen LogP contribution is 2.26. The third-order valence-corrected chi connectivity index (χ3v) is 3.43. The van der Waals surface area contributed by atoms with Crippen molar-refractivity contribution in [1.29, 1.82) is 0 Å². The lowest BCUT2D eigenvalue weighted by atomic mass is 10.3. The van der Waals surface area contributed by atoms with Crippen LogP contribution in [0.2, 0.25) is 0 Å². The quantitative estimate of drug-likeness (QED) is 0.534. The summed E-state index contributed by atoms with van der Waals surface area (Å²) in [7, 11) is 0. The van der Waals surface area contributed by atoms with Gasteiger partial charge in [0.25, 0.3) is 0 Å². The van der Waals surface area contributed by atoms with Crippen LogP contribution in [0.1, 0.15) is 19.5 Å². The molecule has 0 unspecified atom stereocenters. The van der Waals surface area contributed by atoms with E-state index in [2.05, 4.69) is 15.1 Å². The first kappa shape index (κ1) is 16.6. The summed E-state index contributed by atoms with van der Waals surface area (Å²) < 4.78 is 7.70. The van der Waals surface area contributed by atoms with E-state index in [0.29, 0.717) is 11.7 Å². The summed E-state index contributed by atoms with van der Waals surface area (Å²) in [5, 5.41) is 4.51. The summed E-state index contributed by atoms with van der Waals surface area (Å²) in [6.07, 6.45) is 1.87. The topological polar surface area (TPSA) is 52.3 Å². The number of benzene rings is 1. The second-order valence-electron chi connectivity index (χ2n) is 5.16. The molecule has 126 valence electrons. The van der Waals surface area contributed by atoms with Gasteiger partial charge in [-0.3, -0.25) is 0 Å². The van der Waals surface area contributed by atoms with Crippen LogP contribution in [0.25, 0.3) is 17.0 Å². The normalized spacial score (nSPS) is 10.2. The monoisotopic (exact) mass is 332 g/mol. The van der Waals surface area contributed by atoms with Gasteiger partial charge in [-0.25, -0.2) is 9.50 Å². The molecule has 5 nitrogen and oxygen atoms in total. The molecular formula is C20H20N4O. The maximum Gasteiger partial charge on any atom is 0.247 e. The number of rotatable bonds is 3. The van der Waals surface area contributed by atoms with Gasteiger partial charge in [-0.05, 0) is 43.3 Å². The lowest BCUT2D eigenvalue weighted by molar-refractivity contribution is 0.464.